The van der Waals surface area contributed by atoms with Crippen molar-refractivity contribution in [1.82, 2.24) is 4.98 Å². The summed E-state index contributed by atoms with van der Waals surface area (Å²) in [6.45, 7) is 1.64. The molecule has 0 amide bonds. The maximum atomic E-state index is 12.2. The summed E-state index contributed by atoms with van der Waals surface area (Å²) in [5.41, 5.74) is 1.79. The second-order valence-electron chi connectivity index (χ2n) is 5.57. The minimum atomic E-state index is -0.586. The summed E-state index contributed by atoms with van der Waals surface area (Å²) in [6, 6.07) is 6.01. The van der Waals surface area contributed by atoms with Crippen molar-refractivity contribution in [2.24, 2.45) is 0 Å². The average Bonchev–Trinajstić information content (AvgIpc) is 3.47. The van der Waals surface area contributed by atoms with Crippen LogP contribution in [0.25, 0.3) is 16.1 Å². The molecule has 0 fully saturated rings. The van der Waals surface area contributed by atoms with Crippen LogP contribution >= 0.6 is 34.0 Å². The highest BCUT2D eigenvalue weighted by Gasteiger charge is 2.25. The number of hydrogen-bond acceptors (Lipinski definition) is 10. The third-order valence-electron chi connectivity index (χ3n) is 3.88. The van der Waals surface area contributed by atoms with Gasteiger partial charge < -0.3 is 14.8 Å². The molecule has 0 bridgehead atoms. The first-order chi connectivity index (χ1) is 14.0. The fourth-order valence-electron chi connectivity index (χ4n) is 2.46. The van der Waals surface area contributed by atoms with Crippen molar-refractivity contribution in [2.45, 2.75) is 6.92 Å². The van der Waals surface area contributed by atoms with Crippen LogP contribution in [-0.4, -0.2) is 31.1 Å². The molecule has 7 nitrogen and oxygen atoms in total. The average molecular weight is 446 g/mol. The number of carbonyl (C=O) groups is 2. The van der Waals surface area contributed by atoms with E-state index in [-0.39, 0.29) is 10.4 Å². The van der Waals surface area contributed by atoms with Gasteiger partial charge in [-0.15, -0.1) is 34.0 Å². The fourth-order valence-corrected chi connectivity index (χ4v) is 5.09. The predicted octanol–water partition coefficient (Wildman–Crippen LogP) is 4.79. The van der Waals surface area contributed by atoms with Gasteiger partial charge in [0.05, 0.1) is 30.4 Å². The topological polar surface area (TPSA) is 101 Å². The van der Waals surface area contributed by atoms with Gasteiger partial charge in [0.25, 0.3) is 0 Å². The van der Waals surface area contributed by atoms with E-state index in [1.165, 1.54) is 31.8 Å². The summed E-state index contributed by atoms with van der Waals surface area (Å²) in [5.74, 6) is -1.13. The van der Waals surface area contributed by atoms with Gasteiger partial charge in [-0.3, -0.25) is 0 Å². The van der Waals surface area contributed by atoms with E-state index in [1.54, 1.807) is 18.3 Å². The standard InChI is InChI=1S/C19H15N3O4S3/c1-10-14(18(23)25-2)17(29-15(10)19(24)26-3)21-8-11(7-20)16-22-12(9-28-16)13-5-4-6-27-13/h4-6,8-9,21H,1-3H3. The van der Waals surface area contributed by atoms with Crippen LogP contribution in [0.1, 0.15) is 30.6 Å². The van der Waals surface area contributed by atoms with Crippen LogP contribution in [0.2, 0.25) is 0 Å². The number of nitrogens with one attached hydrogen (secondary N) is 1. The molecule has 3 rings (SSSR count). The van der Waals surface area contributed by atoms with Gasteiger partial charge in [-0.05, 0) is 23.9 Å². The first-order valence-electron chi connectivity index (χ1n) is 8.16. The summed E-state index contributed by atoms with van der Waals surface area (Å²) >= 11 is 3.98. The SMILES string of the molecule is COC(=O)c1sc(NC=C(C#N)c2nc(-c3cccs3)cs2)c(C(=O)OC)c1C. The smallest absolute Gasteiger partial charge is 0.348 e. The van der Waals surface area contributed by atoms with E-state index in [0.717, 1.165) is 21.9 Å². The Kier molecular flexibility index (Phi) is 6.43. The number of methoxy groups -OCH3 is 2. The second-order valence-corrected chi connectivity index (χ2v) is 8.40. The highest BCUT2D eigenvalue weighted by molar-refractivity contribution is 7.18. The van der Waals surface area contributed by atoms with Gasteiger partial charge in [0.1, 0.15) is 26.5 Å². The summed E-state index contributed by atoms with van der Waals surface area (Å²) in [7, 11) is 2.53. The zero-order chi connectivity index (χ0) is 21.0. The van der Waals surface area contributed by atoms with Gasteiger partial charge >= 0.3 is 11.9 Å². The molecule has 3 heterocycles. The van der Waals surface area contributed by atoms with E-state index in [2.05, 4.69) is 16.4 Å². The molecule has 0 spiro atoms. The Morgan fingerprint density at radius 1 is 1.24 bits per heavy atom. The van der Waals surface area contributed by atoms with Crippen LogP contribution < -0.4 is 5.32 Å². The molecule has 3 aromatic rings. The van der Waals surface area contributed by atoms with Crippen molar-refractivity contribution >= 4 is 56.5 Å². The fraction of sp³-hybridized carbons (Fsp3) is 0.158. The van der Waals surface area contributed by atoms with Crippen molar-refractivity contribution in [3.8, 4) is 16.6 Å². The molecule has 0 aromatic carbocycles. The van der Waals surface area contributed by atoms with Gasteiger partial charge in [0, 0.05) is 11.6 Å². The molecule has 0 saturated heterocycles. The Morgan fingerprint density at radius 3 is 2.62 bits per heavy atom. The number of ether oxygens (including phenoxy) is 2. The number of hydrogen-bond donors (Lipinski definition) is 1. The van der Waals surface area contributed by atoms with Gasteiger partial charge in [0.2, 0.25) is 0 Å². The third-order valence-corrected chi connectivity index (χ3v) is 6.85. The van der Waals surface area contributed by atoms with Gasteiger partial charge in [-0.2, -0.15) is 5.26 Å². The maximum Gasteiger partial charge on any atom is 0.348 e. The summed E-state index contributed by atoms with van der Waals surface area (Å²) in [5, 5.41) is 17.3. The predicted molar refractivity (Wildman–Crippen MR) is 114 cm³/mol. The van der Waals surface area contributed by atoms with Gasteiger partial charge in [-0.1, -0.05) is 6.07 Å². The maximum absolute atomic E-state index is 12.2. The van der Waals surface area contributed by atoms with E-state index in [4.69, 9.17) is 9.47 Å². The van der Waals surface area contributed by atoms with E-state index in [1.807, 2.05) is 22.9 Å². The minimum absolute atomic E-state index is 0.227. The number of thiophene rings is 2. The molecule has 0 atom stereocenters. The number of esters is 2. The van der Waals surface area contributed by atoms with E-state index in [0.29, 0.717) is 21.1 Å². The molecule has 10 heteroatoms. The molecular formula is C19H15N3O4S3. The van der Waals surface area contributed by atoms with Crippen molar-refractivity contribution in [3.63, 3.8) is 0 Å². The molecule has 148 valence electrons. The van der Waals surface area contributed by atoms with Crippen molar-refractivity contribution in [2.75, 3.05) is 19.5 Å². The van der Waals surface area contributed by atoms with Crippen molar-refractivity contribution < 1.29 is 19.1 Å². The lowest BCUT2D eigenvalue weighted by molar-refractivity contribution is 0.0601. The number of aromatic nitrogens is 1. The van der Waals surface area contributed by atoms with E-state index in [9.17, 15) is 14.9 Å². The van der Waals surface area contributed by atoms with Crippen LogP contribution in [0.5, 0.6) is 0 Å². The summed E-state index contributed by atoms with van der Waals surface area (Å²) in [4.78, 5) is 30.0. The monoisotopic (exact) mass is 445 g/mol. The van der Waals surface area contributed by atoms with Crippen molar-refractivity contribution in [3.05, 3.63) is 50.1 Å². The summed E-state index contributed by atoms with van der Waals surface area (Å²) in [6.07, 6.45) is 1.47. The Morgan fingerprint density at radius 2 is 2.00 bits per heavy atom. The summed E-state index contributed by atoms with van der Waals surface area (Å²) < 4.78 is 9.60. The zero-order valence-electron chi connectivity index (χ0n) is 15.6. The molecule has 1 N–H and O–H groups in total. The number of rotatable bonds is 6. The van der Waals surface area contributed by atoms with Crippen LogP contribution in [0.3, 0.4) is 0 Å². The normalized spacial score (nSPS) is 11.0. The number of allylic oxidation sites excluding steroid dienone is 1. The van der Waals surface area contributed by atoms with Crippen LogP contribution in [0, 0.1) is 18.3 Å². The lowest BCUT2D eigenvalue weighted by Crippen LogP contribution is -2.06. The Hall–Kier alpha value is -3.00. The van der Waals surface area contributed by atoms with Crippen LogP contribution in [0.4, 0.5) is 5.00 Å². The number of anilines is 1. The molecular weight excluding hydrogens is 430 g/mol. The zero-order valence-corrected chi connectivity index (χ0v) is 18.1. The molecule has 0 saturated carbocycles. The van der Waals surface area contributed by atoms with Crippen molar-refractivity contribution in [1.29, 1.82) is 5.26 Å². The minimum Gasteiger partial charge on any atom is -0.465 e. The Labute approximate surface area is 178 Å². The quantitative estimate of drug-likeness (QED) is 0.430. The Balaban J connectivity index is 1.94. The number of thiazole rings is 1. The highest BCUT2D eigenvalue weighted by atomic mass is 32.1. The molecule has 0 unspecified atom stereocenters. The van der Waals surface area contributed by atoms with E-state index < -0.39 is 11.9 Å². The molecule has 0 aliphatic carbocycles. The Bertz CT molecular complexity index is 1120. The van der Waals surface area contributed by atoms with Crippen LogP contribution in [-0.2, 0) is 9.47 Å². The first-order valence-corrected chi connectivity index (χ1v) is 10.7. The highest BCUT2D eigenvalue weighted by Crippen LogP contribution is 2.35. The number of nitriles is 1. The molecule has 0 aliphatic rings. The lowest BCUT2D eigenvalue weighted by Gasteiger charge is -2.03. The number of carbonyl (C=O) groups excluding carboxylic acids is 2. The largest absolute Gasteiger partial charge is 0.465 e. The molecule has 0 aliphatic heterocycles. The number of nitrogens with zero attached hydrogens (tertiary/aromatic N) is 2. The van der Waals surface area contributed by atoms with Gasteiger partial charge in [0.15, 0.2) is 0 Å². The van der Waals surface area contributed by atoms with E-state index >= 15 is 0 Å². The molecule has 0 radical (unpaired) electrons. The molecule has 29 heavy (non-hydrogen) atoms. The second kappa shape index (κ2) is 9.00. The first kappa shape index (κ1) is 20.7. The lowest BCUT2D eigenvalue weighted by atomic mass is 10.1. The third kappa shape index (κ3) is 4.22. The van der Waals surface area contributed by atoms with Crippen LogP contribution in [0.15, 0.2) is 29.1 Å². The molecule has 3 aromatic heterocycles. The van der Waals surface area contributed by atoms with Gasteiger partial charge in [-0.25, -0.2) is 14.6 Å².